The summed E-state index contributed by atoms with van der Waals surface area (Å²) in [5.74, 6) is -1.62. The highest BCUT2D eigenvalue weighted by Crippen LogP contribution is 2.19. The van der Waals surface area contributed by atoms with Gasteiger partial charge in [0.2, 0.25) is 5.91 Å². The highest BCUT2D eigenvalue weighted by molar-refractivity contribution is 7.85. The van der Waals surface area contributed by atoms with Gasteiger partial charge in [-0.05, 0) is 17.7 Å². The van der Waals surface area contributed by atoms with Crippen molar-refractivity contribution in [3.05, 3.63) is 29.3 Å². The van der Waals surface area contributed by atoms with Gasteiger partial charge in [-0.25, -0.2) is 4.79 Å². The van der Waals surface area contributed by atoms with E-state index in [1.807, 2.05) is 0 Å². The Hall–Kier alpha value is -1.93. The van der Waals surface area contributed by atoms with Gasteiger partial charge >= 0.3 is 5.97 Å². The summed E-state index contributed by atoms with van der Waals surface area (Å²) >= 11 is 0. The number of hydrogen-bond donors (Lipinski definition) is 2. The predicted molar refractivity (Wildman–Crippen MR) is 67.3 cm³/mol. The minimum atomic E-state index is -3.59. The normalized spacial score (nSPS) is 11.1. The number of carbonyl (C=O) groups excluding carboxylic acids is 1. The van der Waals surface area contributed by atoms with E-state index in [9.17, 15) is 18.0 Å². The van der Waals surface area contributed by atoms with Crippen LogP contribution in [-0.4, -0.2) is 31.7 Å². The average Bonchev–Trinajstić information content (AvgIpc) is 2.24. The molecule has 0 radical (unpaired) electrons. The summed E-state index contributed by atoms with van der Waals surface area (Å²) in [6, 6.07) is 4.05. The van der Waals surface area contributed by atoms with Crippen molar-refractivity contribution in [2.24, 2.45) is 0 Å². The fourth-order valence-electron chi connectivity index (χ4n) is 1.34. The van der Waals surface area contributed by atoms with Crippen LogP contribution in [0.25, 0.3) is 0 Å². The van der Waals surface area contributed by atoms with Crippen LogP contribution < -0.4 is 5.32 Å². The number of hydrogen-bond acceptors (Lipinski definition) is 5. The Kier molecular flexibility index (Phi) is 4.62. The van der Waals surface area contributed by atoms with Crippen LogP contribution >= 0.6 is 0 Å². The SMILES string of the molecule is CC(=O)Nc1cc(COS(C)(=O)=O)ccc1C(=O)O. The van der Waals surface area contributed by atoms with Crippen molar-refractivity contribution >= 4 is 27.7 Å². The van der Waals surface area contributed by atoms with E-state index in [2.05, 4.69) is 9.50 Å². The molecule has 1 aromatic rings. The van der Waals surface area contributed by atoms with Crippen molar-refractivity contribution in [2.45, 2.75) is 13.5 Å². The van der Waals surface area contributed by atoms with Gasteiger partial charge in [-0.3, -0.25) is 8.98 Å². The van der Waals surface area contributed by atoms with Crippen LogP contribution in [0.3, 0.4) is 0 Å². The van der Waals surface area contributed by atoms with Crippen molar-refractivity contribution < 1.29 is 27.3 Å². The Morgan fingerprint density at radius 2 is 2.00 bits per heavy atom. The smallest absolute Gasteiger partial charge is 0.337 e. The summed E-state index contributed by atoms with van der Waals surface area (Å²) in [6.07, 6.45) is 0.910. The number of nitrogens with one attached hydrogen (secondary N) is 1. The summed E-state index contributed by atoms with van der Waals surface area (Å²) in [4.78, 5) is 21.9. The van der Waals surface area contributed by atoms with Crippen LogP contribution in [0, 0.1) is 0 Å². The van der Waals surface area contributed by atoms with Crippen molar-refractivity contribution in [3.8, 4) is 0 Å². The van der Waals surface area contributed by atoms with Gasteiger partial charge in [0, 0.05) is 6.92 Å². The molecule has 2 N–H and O–H groups in total. The molecule has 0 spiro atoms. The first-order valence-corrected chi connectivity index (χ1v) is 6.99. The van der Waals surface area contributed by atoms with Crippen molar-refractivity contribution in [3.63, 3.8) is 0 Å². The molecule has 1 aromatic carbocycles. The van der Waals surface area contributed by atoms with Gasteiger partial charge in [0.1, 0.15) is 0 Å². The topological polar surface area (TPSA) is 110 Å². The molecule has 0 bridgehead atoms. The van der Waals surface area contributed by atoms with Crippen molar-refractivity contribution in [1.29, 1.82) is 0 Å². The first kappa shape index (κ1) is 15.1. The lowest BCUT2D eigenvalue weighted by molar-refractivity contribution is -0.114. The number of carbonyl (C=O) groups is 2. The molecule has 0 heterocycles. The fourth-order valence-corrected chi connectivity index (χ4v) is 1.69. The van der Waals surface area contributed by atoms with Gasteiger partial charge in [-0.1, -0.05) is 6.07 Å². The van der Waals surface area contributed by atoms with Gasteiger partial charge in [0.05, 0.1) is 24.1 Å². The van der Waals surface area contributed by atoms with Crippen LogP contribution in [0.2, 0.25) is 0 Å². The second-order valence-corrected chi connectivity index (χ2v) is 5.48. The Labute approximate surface area is 110 Å². The van der Waals surface area contributed by atoms with Crippen LogP contribution in [0.1, 0.15) is 22.8 Å². The van der Waals surface area contributed by atoms with E-state index in [0.29, 0.717) is 5.56 Å². The summed E-state index contributed by atoms with van der Waals surface area (Å²) in [5, 5.41) is 11.3. The lowest BCUT2D eigenvalue weighted by Crippen LogP contribution is -2.11. The molecular formula is C11H13NO6S. The van der Waals surface area contributed by atoms with Crippen LogP contribution in [0.4, 0.5) is 5.69 Å². The zero-order valence-electron chi connectivity index (χ0n) is 10.3. The summed E-state index contributed by atoms with van der Waals surface area (Å²) in [6.45, 7) is 1.01. The molecule has 8 heteroatoms. The number of benzene rings is 1. The maximum absolute atomic E-state index is 11.0. The Bertz CT molecular complexity index is 608. The lowest BCUT2D eigenvalue weighted by atomic mass is 10.1. The second kappa shape index (κ2) is 5.81. The van der Waals surface area contributed by atoms with Gasteiger partial charge in [-0.2, -0.15) is 8.42 Å². The molecule has 0 aliphatic rings. The van der Waals surface area contributed by atoms with Crippen LogP contribution in [-0.2, 0) is 25.7 Å². The molecule has 0 atom stereocenters. The minimum absolute atomic E-state index is 0.0849. The molecule has 0 aromatic heterocycles. The number of rotatable bonds is 5. The zero-order valence-corrected chi connectivity index (χ0v) is 11.2. The largest absolute Gasteiger partial charge is 0.478 e. The van der Waals surface area contributed by atoms with E-state index in [1.165, 1.54) is 25.1 Å². The zero-order chi connectivity index (χ0) is 14.6. The highest BCUT2D eigenvalue weighted by atomic mass is 32.2. The molecular weight excluding hydrogens is 274 g/mol. The molecule has 1 amide bonds. The maximum atomic E-state index is 11.0. The van der Waals surface area contributed by atoms with Crippen LogP contribution in [0.15, 0.2) is 18.2 Å². The Morgan fingerprint density at radius 3 is 2.47 bits per heavy atom. The van der Waals surface area contributed by atoms with E-state index in [0.717, 1.165) is 6.26 Å². The molecule has 0 aliphatic carbocycles. The van der Waals surface area contributed by atoms with Gasteiger partial charge < -0.3 is 10.4 Å². The maximum Gasteiger partial charge on any atom is 0.337 e. The lowest BCUT2D eigenvalue weighted by Gasteiger charge is -2.09. The number of carboxylic acid groups (broad SMARTS) is 1. The predicted octanol–water partition coefficient (Wildman–Crippen LogP) is 0.819. The molecule has 104 valence electrons. The van der Waals surface area contributed by atoms with Crippen molar-refractivity contribution in [2.75, 3.05) is 11.6 Å². The van der Waals surface area contributed by atoms with E-state index in [1.54, 1.807) is 0 Å². The van der Waals surface area contributed by atoms with Crippen molar-refractivity contribution in [1.82, 2.24) is 0 Å². The summed E-state index contributed by atoms with van der Waals surface area (Å²) < 4.78 is 26.3. The molecule has 0 saturated heterocycles. The number of amides is 1. The quantitative estimate of drug-likeness (QED) is 0.776. The number of carboxylic acids is 1. The molecule has 0 unspecified atom stereocenters. The first-order chi connectivity index (χ1) is 8.69. The minimum Gasteiger partial charge on any atom is -0.478 e. The standard InChI is InChI=1S/C11H13NO6S/c1-7(13)12-10-5-8(6-18-19(2,16)17)3-4-9(10)11(14)15/h3-5H,6H2,1-2H3,(H,12,13)(H,14,15). The van der Waals surface area contributed by atoms with E-state index >= 15 is 0 Å². The second-order valence-electron chi connectivity index (χ2n) is 3.83. The average molecular weight is 287 g/mol. The Morgan fingerprint density at radius 1 is 1.37 bits per heavy atom. The third-order valence-electron chi connectivity index (χ3n) is 2.06. The number of anilines is 1. The third kappa shape index (κ3) is 5.06. The third-order valence-corrected chi connectivity index (χ3v) is 2.61. The summed E-state index contributed by atoms with van der Waals surface area (Å²) in [5.41, 5.74) is 0.437. The fraction of sp³-hybridized carbons (Fsp3) is 0.273. The van der Waals surface area contributed by atoms with Gasteiger partial charge in [0.25, 0.3) is 10.1 Å². The Balaban J connectivity index is 3.04. The van der Waals surface area contributed by atoms with Gasteiger partial charge in [0.15, 0.2) is 0 Å². The molecule has 0 saturated carbocycles. The monoisotopic (exact) mass is 287 g/mol. The molecule has 0 fully saturated rings. The summed E-state index contributed by atoms with van der Waals surface area (Å²) in [7, 11) is -3.59. The number of aromatic carboxylic acids is 1. The van der Waals surface area contributed by atoms with E-state index in [4.69, 9.17) is 5.11 Å². The van der Waals surface area contributed by atoms with E-state index < -0.39 is 22.0 Å². The first-order valence-electron chi connectivity index (χ1n) is 5.17. The van der Waals surface area contributed by atoms with Crippen LogP contribution in [0.5, 0.6) is 0 Å². The molecule has 19 heavy (non-hydrogen) atoms. The highest BCUT2D eigenvalue weighted by Gasteiger charge is 2.12. The molecule has 0 aliphatic heterocycles. The molecule has 7 nitrogen and oxygen atoms in total. The molecule has 1 rings (SSSR count). The van der Waals surface area contributed by atoms with E-state index in [-0.39, 0.29) is 17.9 Å². The van der Waals surface area contributed by atoms with Gasteiger partial charge in [-0.15, -0.1) is 0 Å².